The zero-order valence-electron chi connectivity index (χ0n) is 61.4. The monoisotopic (exact) mass is 1540 g/mol. The number of esters is 1. The molecule has 41 heteroatoms. The number of hydrogen-bond donors (Lipinski definition) is 21. The van der Waals surface area contributed by atoms with Crippen molar-refractivity contribution >= 4 is 123 Å². The Morgan fingerprint density at radius 2 is 1.10 bits per heavy atom. The van der Waals surface area contributed by atoms with Gasteiger partial charge in [-0.1, -0.05) is 84.4 Å². The molecule has 109 heavy (non-hydrogen) atoms. The van der Waals surface area contributed by atoms with Gasteiger partial charge in [0.1, 0.15) is 72.6 Å². The minimum atomic E-state index is -2.31. The van der Waals surface area contributed by atoms with Crippen molar-refractivity contribution in [1.29, 1.82) is 0 Å². The van der Waals surface area contributed by atoms with Crippen LogP contribution in [0.2, 0.25) is 0 Å². The first-order chi connectivity index (χ1) is 51.4. The average molecular weight is 1540 g/mol. The fraction of sp³-hybridized carbons (Fsp3) is 0.603. The van der Waals surface area contributed by atoms with Gasteiger partial charge >= 0.3 is 29.8 Å². The van der Waals surface area contributed by atoms with Crippen molar-refractivity contribution < 1.29 is 121 Å². The number of amides is 14. The third kappa shape index (κ3) is 32.7. The number of nitrogens with two attached hydrogens (primary N) is 2. The number of H-pyrrole nitrogens is 1. The van der Waals surface area contributed by atoms with E-state index in [1.807, 2.05) is 16.0 Å². The van der Waals surface area contributed by atoms with Crippen molar-refractivity contribution in [2.24, 2.45) is 23.3 Å². The average Bonchev–Trinajstić information content (AvgIpc) is 1.73. The van der Waals surface area contributed by atoms with Gasteiger partial charge in [-0.05, 0) is 69.5 Å². The minimum Gasteiger partial charge on any atom is -0.481 e. The van der Waals surface area contributed by atoms with E-state index in [-0.39, 0.29) is 38.6 Å². The second kappa shape index (κ2) is 46.6. The molecule has 14 atom stereocenters. The molecule has 0 saturated carbocycles. The predicted molar refractivity (Wildman–Crippen MR) is 380 cm³/mol. The fourth-order valence-electron chi connectivity index (χ4n) is 10.9. The number of benzene rings is 1. The second-order valence-corrected chi connectivity index (χ2v) is 26.4. The highest BCUT2D eigenvalue weighted by Gasteiger charge is 2.40. The highest BCUT2D eigenvalue weighted by molar-refractivity contribution is 6.02. The third-order valence-corrected chi connectivity index (χ3v) is 17.5. The van der Waals surface area contributed by atoms with Gasteiger partial charge in [-0.2, -0.15) is 0 Å². The van der Waals surface area contributed by atoms with E-state index in [1.165, 1.54) is 13.8 Å². The lowest BCUT2D eigenvalue weighted by Gasteiger charge is -2.30. The molecule has 2 heterocycles. The van der Waals surface area contributed by atoms with Gasteiger partial charge in [0, 0.05) is 36.4 Å². The van der Waals surface area contributed by atoms with Crippen LogP contribution in [-0.2, 0) is 102 Å². The van der Waals surface area contributed by atoms with Crippen molar-refractivity contribution in [3.8, 4) is 0 Å². The Morgan fingerprint density at radius 3 is 1.69 bits per heavy atom. The van der Waals surface area contributed by atoms with Gasteiger partial charge in [-0.3, -0.25) is 86.3 Å². The Labute approximate surface area is 625 Å². The molecule has 1 fully saturated rings. The van der Waals surface area contributed by atoms with E-state index in [2.05, 4.69) is 72.0 Å². The maximum Gasteiger partial charge on any atom is 0.329 e. The van der Waals surface area contributed by atoms with Crippen LogP contribution in [0.1, 0.15) is 150 Å². The first-order valence-electron chi connectivity index (χ1n) is 35.5. The molecule has 0 radical (unpaired) electrons. The predicted octanol–water partition coefficient (Wildman–Crippen LogP) is -5.43. The molecule has 0 bridgehead atoms. The molecule has 3 rings (SSSR count). The van der Waals surface area contributed by atoms with Gasteiger partial charge in [0.05, 0.1) is 45.4 Å². The summed E-state index contributed by atoms with van der Waals surface area (Å²) in [5.74, 6) is -26.3. The largest absolute Gasteiger partial charge is 0.481 e. The maximum absolute atomic E-state index is 14.6. The van der Waals surface area contributed by atoms with Crippen molar-refractivity contribution in [3.05, 3.63) is 36.0 Å². The molecule has 23 N–H and O–H groups in total. The number of fused-ring (bicyclic) bond motifs is 1. The van der Waals surface area contributed by atoms with Crippen LogP contribution in [0.5, 0.6) is 0 Å². The number of cyclic esters (lactones) is 1. The van der Waals surface area contributed by atoms with Gasteiger partial charge in [0.15, 0.2) is 0 Å². The summed E-state index contributed by atoms with van der Waals surface area (Å²) in [5.41, 5.74) is 12.5. The molecule has 41 nitrogen and oxygen atoms in total. The number of aromatic amines is 1. The lowest BCUT2D eigenvalue weighted by Crippen LogP contribution is -2.62. The number of rotatable bonds is 34. The number of carboxylic acids is 4. The molecule has 2 aromatic rings. The van der Waals surface area contributed by atoms with Gasteiger partial charge < -0.3 is 116 Å². The van der Waals surface area contributed by atoms with Crippen molar-refractivity contribution in [1.82, 2.24) is 74.1 Å². The molecule has 14 unspecified atom stereocenters. The minimum absolute atomic E-state index is 0.000159. The number of nitrogens with one attached hydrogen (secondary N) is 14. The topological polar surface area (TPSA) is 659 Å². The molecular formula is C68H102N16O25. The number of ether oxygens (including phenoxy) is 1. The molecular weight excluding hydrogens is 1440 g/mol. The highest BCUT2D eigenvalue weighted by Crippen LogP contribution is 2.21. The van der Waals surface area contributed by atoms with Gasteiger partial charge in [-0.25, -0.2) is 4.79 Å². The van der Waals surface area contributed by atoms with Gasteiger partial charge in [0.2, 0.25) is 82.7 Å². The number of aliphatic carboxylic acids is 4. The Morgan fingerprint density at radius 1 is 0.560 bits per heavy atom. The summed E-state index contributed by atoms with van der Waals surface area (Å²) in [6.45, 7) is 5.44. The van der Waals surface area contributed by atoms with Crippen LogP contribution in [0, 0.1) is 11.8 Å². The standard InChI is InChI=1S/C68H102N16O25/c1-7-33(3)16-11-9-10-12-20-49(87)76-42(24-37-29-71-39-18-14-13-17-38(37)39)63(103)80-43(25-48(70)86)64(104)82-46(28-55(96)97)65(105)84-57-36(6)109-68(108)56(34(4)8-2)83-61(101)41(21-22-52(90)91)78-66(106)47(32-85)77-51(89)30-72-59(99)44(26-53(92)93)79-58(98)35(5)74-62(102)45(27-54(94)95)81-60(100)40(19-15-23-69)75-50(88)31-73-67(57)107/h13-14,17-18,29,33-36,40-47,56-57,71,85H,7-12,15-16,19-28,30-32,69H2,1-6H3,(H2,70,86)(H,72,99)(H,73,107)(H,74,102)(H,75,88)(H,76,87)(H,77,89)(H,78,106)(H,79,98)(H,80,103)(H,81,100)(H,82,104)(H,83,101)(H,84,105)(H,90,91)(H,92,93)(H,94,95)(H,96,97). The van der Waals surface area contributed by atoms with Crippen LogP contribution >= 0.6 is 0 Å². The molecule has 1 aromatic carbocycles. The van der Waals surface area contributed by atoms with Crippen LogP contribution in [0.4, 0.5) is 0 Å². The number of unbranched alkanes of at least 4 members (excludes halogenated alkanes) is 3. The zero-order valence-corrected chi connectivity index (χ0v) is 61.4. The number of primary amides is 1. The van der Waals surface area contributed by atoms with Crippen LogP contribution in [0.25, 0.3) is 10.9 Å². The van der Waals surface area contributed by atoms with Crippen LogP contribution in [0.3, 0.4) is 0 Å². The first-order valence-corrected chi connectivity index (χ1v) is 35.5. The summed E-state index contributed by atoms with van der Waals surface area (Å²) in [6, 6.07) is -14.4. The first kappa shape index (κ1) is 91.8. The fourth-order valence-corrected chi connectivity index (χ4v) is 10.9. The summed E-state index contributed by atoms with van der Waals surface area (Å²) >= 11 is 0. The smallest absolute Gasteiger partial charge is 0.329 e. The van der Waals surface area contributed by atoms with E-state index in [9.17, 15) is 117 Å². The van der Waals surface area contributed by atoms with Gasteiger partial charge in [-0.15, -0.1) is 0 Å². The molecule has 1 saturated heterocycles. The number of para-hydroxylation sites is 1. The Bertz CT molecular complexity index is 3590. The molecule has 604 valence electrons. The number of carboxylic acid groups (broad SMARTS) is 4. The summed E-state index contributed by atoms with van der Waals surface area (Å²) in [4.78, 5) is 259. The van der Waals surface area contributed by atoms with Crippen molar-refractivity contribution in [3.63, 3.8) is 0 Å². The normalized spacial score (nSPS) is 22.1. The number of carbonyl (C=O) groups is 19. The van der Waals surface area contributed by atoms with Crippen molar-refractivity contribution in [2.75, 3.05) is 26.2 Å². The van der Waals surface area contributed by atoms with E-state index in [0.29, 0.717) is 35.2 Å². The summed E-state index contributed by atoms with van der Waals surface area (Å²) in [6.07, 6.45) is -2.33. The van der Waals surface area contributed by atoms with E-state index < -0.39 is 249 Å². The molecule has 0 aliphatic carbocycles. The van der Waals surface area contributed by atoms with Crippen LogP contribution in [-0.4, -0.2) is 242 Å². The Kier molecular flexibility index (Phi) is 39.3. The lowest BCUT2D eigenvalue weighted by molar-refractivity contribution is -0.157. The second-order valence-electron chi connectivity index (χ2n) is 26.4. The molecule has 14 amide bonds. The number of aliphatic hydroxyl groups is 1. The highest BCUT2D eigenvalue weighted by atomic mass is 16.5. The summed E-state index contributed by atoms with van der Waals surface area (Å²) in [7, 11) is 0. The third-order valence-electron chi connectivity index (χ3n) is 17.5. The van der Waals surface area contributed by atoms with Crippen LogP contribution in [0.15, 0.2) is 30.5 Å². The van der Waals surface area contributed by atoms with E-state index in [0.717, 1.165) is 39.5 Å². The SMILES string of the molecule is CCC(C)CCCCCCC(=O)NC(Cc1c[nH]c2ccccc12)C(=O)NC(CC(N)=O)C(=O)NC(CC(=O)O)C(=O)NC1C(=O)NCC(=O)NC(CCCN)C(=O)NC(CC(=O)O)C(=O)NC(C)C(=O)NC(CC(=O)O)C(=O)NCC(=O)NC(CO)C(=O)NC(CCC(=O)O)C(=O)NC(C(C)CC)C(=O)OC1C. The van der Waals surface area contributed by atoms with E-state index in [4.69, 9.17) is 16.2 Å². The number of aromatic nitrogens is 1. The number of aliphatic hydroxyl groups excluding tert-OH is 1. The number of hydrogen-bond acceptors (Lipinski definition) is 22. The molecule has 1 aliphatic rings. The Balaban J connectivity index is 2.18. The maximum atomic E-state index is 14.6. The summed E-state index contributed by atoms with van der Waals surface area (Å²) < 4.78 is 5.70. The van der Waals surface area contributed by atoms with E-state index in [1.54, 1.807) is 30.5 Å². The molecule has 1 aliphatic heterocycles. The van der Waals surface area contributed by atoms with E-state index >= 15 is 0 Å². The molecule has 1 aromatic heterocycles. The Hall–Kier alpha value is -11.4. The number of carbonyl (C=O) groups excluding carboxylic acids is 15. The zero-order chi connectivity index (χ0) is 81.8. The quantitative estimate of drug-likeness (QED) is 0.0230. The van der Waals surface area contributed by atoms with Gasteiger partial charge in [0.25, 0.3) is 0 Å². The van der Waals surface area contributed by atoms with Crippen molar-refractivity contribution in [2.45, 2.75) is 223 Å². The summed E-state index contributed by atoms with van der Waals surface area (Å²) in [5, 5.41) is 78.5. The molecule has 0 spiro atoms. The van der Waals surface area contributed by atoms with Crippen LogP contribution < -0.4 is 80.6 Å². The lowest BCUT2D eigenvalue weighted by atomic mass is 9.98.